The fourth-order valence-electron chi connectivity index (χ4n) is 10.3. The van der Waals surface area contributed by atoms with Crippen molar-refractivity contribution in [2.24, 2.45) is 45.3 Å². The van der Waals surface area contributed by atoms with Crippen molar-refractivity contribution < 1.29 is 14.3 Å². The molecule has 0 aromatic carbocycles. The normalized spacial score (nSPS) is 48.2. The highest BCUT2D eigenvalue weighted by Crippen LogP contribution is 2.73. The van der Waals surface area contributed by atoms with Crippen LogP contribution in [0.1, 0.15) is 99.8 Å². The Labute approximate surface area is 208 Å². The van der Waals surface area contributed by atoms with Crippen LogP contribution in [0, 0.1) is 45.3 Å². The maximum absolute atomic E-state index is 11.9. The molecule has 3 fully saturated rings. The Balaban J connectivity index is 1.42. The van der Waals surface area contributed by atoms with Gasteiger partial charge >= 0.3 is 5.97 Å². The molecule has 5 rings (SSSR count). The average Bonchev–Trinajstić information content (AvgIpc) is 3.22. The fraction of sp³-hybridized carbons (Fsp3) is 0.839. The second kappa shape index (κ2) is 7.95. The van der Waals surface area contributed by atoms with E-state index >= 15 is 0 Å². The standard InChI is InChI=1S/C31H48O3/c1-19(17-21-18-20(2)27(32)34-21)22-11-15-31(7)24-9-10-25-28(3,4)26(33-8)13-14-29(25,5)23(24)12-16-30(22,31)6/h9,18-19,21-23,25-26H,10-17H2,1-8H3/t19-,21?,22-,23+,25+,26?,29-,30-,31+/m1/s1. The van der Waals surface area contributed by atoms with E-state index in [4.69, 9.17) is 9.47 Å². The zero-order valence-electron chi connectivity index (χ0n) is 23.0. The van der Waals surface area contributed by atoms with Gasteiger partial charge in [0.15, 0.2) is 0 Å². The van der Waals surface area contributed by atoms with Crippen LogP contribution < -0.4 is 0 Å². The lowest BCUT2D eigenvalue weighted by Crippen LogP contribution is -2.58. The highest BCUT2D eigenvalue weighted by Gasteiger charge is 2.65. The van der Waals surface area contributed by atoms with Crippen molar-refractivity contribution in [1.82, 2.24) is 0 Å². The molecule has 0 N–H and O–H groups in total. The first-order valence-electron chi connectivity index (χ1n) is 14.0. The highest BCUT2D eigenvalue weighted by atomic mass is 16.5. The predicted molar refractivity (Wildman–Crippen MR) is 137 cm³/mol. The summed E-state index contributed by atoms with van der Waals surface area (Å²) < 4.78 is 11.6. The summed E-state index contributed by atoms with van der Waals surface area (Å²) in [7, 11) is 1.91. The number of carbonyl (C=O) groups excluding carboxylic acids is 1. The first-order valence-corrected chi connectivity index (χ1v) is 14.0. The van der Waals surface area contributed by atoms with E-state index in [-0.39, 0.29) is 17.5 Å². The van der Waals surface area contributed by atoms with Gasteiger partial charge in [0.2, 0.25) is 0 Å². The highest BCUT2D eigenvalue weighted by molar-refractivity contribution is 5.90. The molecule has 3 nitrogen and oxygen atoms in total. The second-order valence-electron chi connectivity index (χ2n) is 14.0. The number of fused-ring (bicyclic) bond motifs is 5. The molecule has 5 aliphatic rings. The van der Waals surface area contributed by atoms with E-state index in [2.05, 4.69) is 53.7 Å². The van der Waals surface area contributed by atoms with E-state index in [1.165, 1.54) is 44.9 Å². The predicted octanol–water partition coefficient (Wildman–Crippen LogP) is 7.50. The molecule has 190 valence electrons. The maximum atomic E-state index is 11.9. The molecule has 1 heterocycles. The van der Waals surface area contributed by atoms with Gasteiger partial charge in [0.1, 0.15) is 6.10 Å². The fourth-order valence-corrected chi connectivity index (χ4v) is 10.3. The lowest BCUT2D eigenvalue weighted by atomic mass is 9.41. The van der Waals surface area contributed by atoms with Crippen LogP contribution in [0.5, 0.6) is 0 Å². The third-order valence-corrected chi connectivity index (χ3v) is 12.4. The Morgan fingerprint density at radius 1 is 1.09 bits per heavy atom. The van der Waals surface area contributed by atoms with Gasteiger partial charge < -0.3 is 9.47 Å². The van der Waals surface area contributed by atoms with Gasteiger partial charge in [0.05, 0.1) is 6.10 Å². The van der Waals surface area contributed by atoms with E-state index < -0.39 is 0 Å². The molecule has 0 saturated heterocycles. The van der Waals surface area contributed by atoms with Gasteiger partial charge in [-0.25, -0.2) is 4.79 Å². The molecule has 3 heteroatoms. The van der Waals surface area contributed by atoms with E-state index in [1.54, 1.807) is 0 Å². The van der Waals surface area contributed by atoms with Gasteiger partial charge in [-0.15, -0.1) is 0 Å². The zero-order chi connectivity index (χ0) is 24.7. The minimum atomic E-state index is -0.124. The Morgan fingerprint density at radius 2 is 1.82 bits per heavy atom. The lowest BCUT2D eigenvalue weighted by molar-refractivity contribution is -0.143. The number of carbonyl (C=O) groups is 1. The molecule has 4 aliphatic carbocycles. The first-order chi connectivity index (χ1) is 15.9. The van der Waals surface area contributed by atoms with Crippen molar-refractivity contribution >= 4 is 5.97 Å². The minimum Gasteiger partial charge on any atom is -0.455 e. The average molecular weight is 469 g/mol. The first kappa shape index (κ1) is 24.6. The SMILES string of the molecule is COC1CC[C@]2(C)[C@H]3CC[C@]4(C)[C@@H]([C@H](C)CC5C=C(C)C(=O)O5)CC[C@@]4(C)C3=CC[C@H]2C1(C)C. The van der Waals surface area contributed by atoms with Gasteiger partial charge in [0, 0.05) is 12.7 Å². The van der Waals surface area contributed by atoms with Crippen molar-refractivity contribution in [3.63, 3.8) is 0 Å². The maximum Gasteiger partial charge on any atom is 0.334 e. The van der Waals surface area contributed by atoms with Gasteiger partial charge in [-0.05, 0) is 110 Å². The summed E-state index contributed by atoms with van der Waals surface area (Å²) in [6.45, 7) is 17.1. The van der Waals surface area contributed by atoms with Crippen LogP contribution in [0.3, 0.4) is 0 Å². The van der Waals surface area contributed by atoms with E-state index in [1.807, 2.05) is 19.6 Å². The van der Waals surface area contributed by atoms with Gasteiger partial charge in [-0.2, -0.15) is 0 Å². The van der Waals surface area contributed by atoms with Crippen molar-refractivity contribution in [3.8, 4) is 0 Å². The Morgan fingerprint density at radius 3 is 2.47 bits per heavy atom. The summed E-state index contributed by atoms with van der Waals surface area (Å²) in [5.74, 6) is 2.55. The van der Waals surface area contributed by atoms with Gasteiger partial charge in [0.25, 0.3) is 0 Å². The summed E-state index contributed by atoms with van der Waals surface area (Å²) >= 11 is 0. The quantitative estimate of drug-likeness (QED) is 0.316. The summed E-state index contributed by atoms with van der Waals surface area (Å²) in [6, 6.07) is 0. The molecule has 34 heavy (non-hydrogen) atoms. The number of esters is 1. The number of allylic oxidation sites excluding steroid dienone is 2. The van der Waals surface area contributed by atoms with Crippen LogP contribution in [-0.2, 0) is 14.3 Å². The monoisotopic (exact) mass is 468 g/mol. The molecule has 0 spiro atoms. The molecule has 0 bridgehead atoms. The van der Waals surface area contributed by atoms with Gasteiger partial charge in [-0.3, -0.25) is 0 Å². The summed E-state index contributed by atoms with van der Waals surface area (Å²) in [4.78, 5) is 11.9. The van der Waals surface area contributed by atoms with Crippen LogP contribution in [0.15, 0.2) is 23.3 Å². The lowest BCUT2D eigenvalue weighted by Gasteiger charge is -2.64. The van der Waals surface area contributed by atoms with Crippen LogP contribution in [0.2, 0.25) is 0 Å². The molecule has 0 aromatic heterocycles. The molecular weight excluding hydrogens is 420 g/mol. The van der Waals surface area contributed by atoms with Crippen LogP contribution in [0.25, 0.3) is 0 Å². The van der Waals surface area contributed by atoms with Crippen molar-refractivity contribution in [2.45, 2.75) is 112 Å². The molecule has 0 amide bonds. The van der Waals surface area contributed by atoms with E-state index in [9.17, 15) is 4.79 Å². The molecule has 3 saturated carbocycles. The number of rotatable bonds is 4. The summed E-state index contributed by atoms with van der Waals surface area (Å²) in [5, 5.41) is 0. The number of methoxy groups -OCH3 is 1. The molecular formula is C31H48O3. The molecule has 0 aromatic rings. The molecule has 1 aliphatic heterocycles. The molecule has 2 unspecified atom stereocenters. The minimum absolute atomic E-state index is 0.0268. The zero-order valence-corrected chi connectivity index (χ0v) is 23.0. The number of hydrogen-bond donors (Lipinski definition) is 0. The topological polar surface area (TPSA) is 35.5 Å². The van der Waals surface area contributed by atoms with Crippen molar-refractivity contribution in [1.29, 1.82) is 0 Å². The third-order valence-electron chi connectivity index (χ3n) is 12.4. The van der Waals surface area contributed by atoms with Crippen molar-refractivity contribution in [2.75, 3.05) is 7.11 Å². The molecule has 0 radical (unpaired) electrons. The summed E-state index contributed by atoms with van der Waals surface area (Å²) in [6.07, 6.45) is 15.1. The van der Waals surface area contributed by atoms with E-state index in [0.29, 0.717) is 40.1 Å². The van der Waals surface area contributed by atoms with Gasteiger partial charge in [-0.1, -0.05) is 53.2 Å². The largest absolute Gasteiger partial charge is 0.455 e. The van der Waals surface area contributed by atoms with Crippen LogP contribution in [0.4, 0.5) is 0 Å². The van der Waals surface area contributed by atoms with Crippen molar-refractivity contribution in [3.05, 3.63) is 23.3 Å². The Kier molecular flexibility index (Phi) is 5.75. The molecule has 9 atom stereocenters. The van der Waals surface area contributed by atoms with Crippen LogP contribution in [-0.4, -0.2) is 25.3 Å². The second-order valence-corrected chi connectivity index (χ2v) is 14.0. The smallest absolute Gasteiger partial charge is 0.334 e. The number of hydrogen-bond acceptors (Lipinski definition) is 3. The number of cyclic esters (lactones) is 1. The van der Waals surface area contributed by atoms with Crippen LogP contribution >= 0.6 is 0 Å². The Hall–Kier alpha value is -1.09. The third kappa shape index (κ3) is 3.20. The Bertz CT molecular complexity index is 914. The van der Waals surface area contributed by atoms with E-state index in [0.717, 1.165) is 17.9 Å². The summed E-state index contributed by atoms with van der Waals surface area (Å²) in [5.41, 5.74) is 3.83. The number of ether oxygens (including phenoxy) is 2.